The van der Waals surface area contributed by atoms with Crippen LogP contribution in [-0.4, -0.2) is 9.97 Å². The molecule has 2 aromatic heterocycles. The van der Waals surface area contributed by atoms with Crippen molar-refractivity contribution in [1.82, 2.24) is 9.97 Å². The Labute approximate surface area is 172 Å². The summed E-state index contributed by atoms with van der Waals surface area (Å²) in [4.78, 5) is 9.05. The van der Waals surface area contributed by atoms with Crippen molar-refractivity contribution in [3.63, 3.8) is 0 Å². The Morgan fingerprint density at radius 2 is 1.50 bits per heavy atom. The third-order valence-corrected chi connectivity index (χ3v) is 5.02. The van der Waals surface area contributed by atoms with Gasteiger partial charge in [0.2, 0.25) is 5.95 Å². The lowest BCUT2D eigenvalue weighted by Crippen LogP contribution is -2.05. The first kappa shape index (κ1) is 18.1. The van der Waals surface area contributed by atoms with E-state index >= 15 is 0 Å². The summed E-state index contributed by atoms with van der Waals surface area (Å²) in [6.45, 7) is 0. The van der Waals surface area contributed by atoms with Crippen LogP contribution in [0.1, 0.15) is 11.1 Å². The molecule has 0 bridgehead atoms. The van der Waals surface area contributed by atoms with E-state index in [9.17, 15) is 4.39 Å². The van der Waals surface area contributed by atoms with Gasteiger partial charge in [-0.05, 0) is 42.0 Å². The molecule has 4 nitrogen and oxygen atoms in total. The molecule has 0 spiro atoms. The molecule has 0 amide bonds. The standard InChI is InChI=1S/C25H18FN3O/c26-19-12-10-17(11-13-19)23-20(14-16-6-2-1-3-7-16)24(29-25(27)28-23)22-15-18-8-4-5-9-21(18)30-22/h1-13,15H,14H2,(H2,27,28,29). The first-order valence-corrected chi connectivity index (χ1v) is 9.62. The molecule has 0 saturated heterocycles. The average molecular weight is 395 g/mol. The second-order valence-electron chi connectivity index (χ2n) is 7.08. The van der Waals surface area contributed by atoms with Gasteiger partial charge in [0.1, 0.15) is 17.1 Å². The van der Waals surface area contributed by atoms with Gasteiger partial charge in [0.05, 0.1) is 5.69 Å². The molecule has 30 heavy (non-hydrogen) atoms. The Bertz CT molecular complexity index is 1300. The van der Waals surface area contributed by atoms with Crippen molar-refractivity contribution in [2.45, 2.75) is 6.42 Å². The molecular formula is C25H18FN3O. The summed E-state index contributed by atoms with van der Waals surface area (Å²) in [6, 6.07) is 26.1. The van der Waals surface area contributed by atoms with E-state index in [1.807, 2.05) is 60.7 Å². The third-order valence-electron chi connectivity index (χ3n) is 5.02. The second-order valence-corrected chi connectivity index (χ2v) is 7.08. The molecule has 0 aliphatic carbocycles. The molecule has 0 aliphatic heterocycles. The van der Waals surface area contributed by atoms with E-state index in [-0.39, 0.29) is 11.8 Å². The molecule has 0 aliphatic rings. The van der Waals surface area contributed by atoms with Crippen LogP contribution in [0.2, 0.25) is 0 Å². The van der Waals surface area contributed by atoms with E-state index in [4.69, 9.17) is 10.2 Å². The normalized spacial score (nSPS) is 11.1. The number of nitrogens with zero attached hydrogens (tertiary/aromatic N) is 2. The topological polar surface area (TPSA) is 64.9 Å². The lowest BCUT2D eigenvalue weighted by Gasteiger charge is -2.14. The van der Waals surface area contributed by atoms with Gasteiger partial charge in [-0.2, -0.15) is 0 Å². The summed E-state index contributed by atoms with van der Waals surface area (Å²) in [5.41, 5.74) is 10.9. The molecule has 0 atom stereocenters. The van der Waals surface area contributed by atoms with Crippen molar-refractivity contribution >= 4 is 16.9 Å². The molecule has 0 unspecified atom stereocenters. The van der Waals surface area contributed by atoms with Crippen LogP contribution in [0.4, 0.5) is 10.3 Å². The van der Waals surface area contributed by atoms with E-state index in [2.05, 4.69) is 9.97 Å². The highest BCUT2D eigenvalue weighted by Crippen LogP contribution is 2.35. The number of rotatable bonds is 4. The number of anilines is 1. The zero-order valence-corrected chi connectivity index (χ0v) is 16.0. The summed E-state index contributed by atoms with van der Waals surface area (Å²) in [6.07, 6.45) is 0.584. The van der Waals surface area contributed by atoms with Gasteiger partial charge in [0, 0.05) is 22.9 Å². The van der Waals surface area contributed by atoms with Crippen LogP contribution in [0.3, 0.4) is 0 Å². The van der Waals surface area contributed by atoms with Gasteiger partial charge in [-0.15, -0.1) is 0 Å². The molecule has 146 valence electrons. The number of hydrogen-bond donors (Lipinski definition) is 1. The van der Waals surface area contributed by atoms with E-state index in [1.54, 1.807) is 12.1 Å². The Morgan fingerprint density at radius 3 is 2.27 bits per heavy atom. The van der Waals surface area contributed by atoms with Gasteiger partial charge in [0.25, 0.3) is 0 Å². The minimum Gasteiger partial charge on any atom is -0.454 e. The molecule has 3 aromatic carbocycles. The largest absolute Gasteiger partial charge is 0.454 e. The monoisotopic (exact) mass is 395 g/mol. The van der Waals surface area contributed by atoms with Gasteiger partial charge in [-0.3, -0.25) is 0 Å². The van der Waals surface area contributed by atoms with Crippen LogP contribution >= 0.6 is 0 Å². The molecule has 5 heteroatoms. The van der Waals surface area contributed by atoms with Crippen LogP contribution in [-0.2, 0) is 6.42 Å². The molecule has 0 fully saturated rings. The first-order valence-electron chi connectivity index (χ1n) is 9.62. The van der Waals surface area contributed by atoms with Gasteiger partial charge in [-0.1, -0.05) is 48.5 Å². The van der Waals surface area contributed by atoms with Crippen molar-refractivity contribution in [2.24, 2.45) is 0 Å². The Balaban J connectivity index is 1.75. The number of fused-ring (bicyclic) bond motifs is 1. The number of benzene rings is 3. The van der Waals surface area contributed by atoms with Crippen molar-refractivity contribution in [1.29, 1.82) is 0 Å². The molecule has 2 heterocycles. The average Bonchev–Trinajstić information content (AvgIpc) is 3.20. The van der Waals surface area contributed by atoms with Crippen molar-refractivity contribution in [3.8, 4) is 22.7 Å². The fourth-order valence-corrected chi connectivity index (χ4v) is 3.62. The third kappa shape index (κ3) is 3.42. The summed E-state index contributed by atoms with van der Waals surface area (Å²) >= 11 is 0. The number of para-hydroxylation sites is 1. The number of nitrogen functional groups attached to an aromatic ring is 1. The predicted octanol–water partition coefficient (Wildman–Crippen LogP) is 5.87. The van der Waals surface area contributed by atoms with Crippen LogP contribution < -0.4 is 5.73 Å². The van der Waals surface area contributed by atoms with Crippen LogP contribution in [0.5, 0.6) is 0 Å². The van der Waals surface area contributed by atoms with Crippen LogP contribution in [0, 0.1) is 5.82 Å². The highest BCUT2D eigenvalue weighted by atomic mass is 19.1. The highest BCUT2D eigenvalue weighted by Gasteiger charge is 2.20. The van der Waals surface area contributed by atoms with Crippen molar-refractivity contribution in [3.05, 3.63) is 102 Å². The second kappa shape index (κ2) is 7.44. The number of hydrogen-bond acceptors (Lipinski definition) is 4. The molecule has 2 N–H and O–H groups in total. The molecule has 0 radical (unpaired) electrons. The van der Waals surface area contributed by atoms with E-state index < -0.39 is 0 Å². The van der Waals surface area contributed by atoms with Crippen LogP contribution in [0.15, 0.2) is 89.3 Å². The molecule has 5 rings (SSSR count). The first-order chi connectivity index (χ1) is 14.7. The lowest BCUT2D eigenvalue weighted by atomic mass is 9.96. The summed E-state index contributed by atoms with van der Waals surface area (Å²) in [7, 11) is 0. The Morgan fingerprint density at radius 1 is 0.800 bits per heavy atom. The zero-order valence-electron chi connectivity index (χ0n) is 16.0. The van der Waals surface area contributed by atoms with Gasteiger partial charge in [0.15, 0.2) is 5.76 Å². The maximum absolute atomic E-state index is 13.5. The van der Waals surface area contributed by atoms with Crippen molar-refractivity contribution < 1.29 is 8.81 Å². The van der Waals surface area contributed by atoms with E-state index in [0.717, 1.165) is 27.7 Å². The van der Waals surface area contributed by atoms with E-state index in [0.29, 0.717) is 23.6 Å². The number of halogens is 1. The maximum atomic E-state index is 13.5. The fraction of sp³-hybridized carbons (Fsp3) is 0.0400. The fourth-order valence-electron chi connectivity index (χ4n) is 3.62. The van der Waals surface area contributed by atoms with Gasteiger partial charge in [-0.25, -0.2) is 14.4 Å². The van der Waals surface area contributed by atoms with Crippen LogP contribution in [0.25, 0.3) is 33.7 Å². The maximum Gasteiger partial charge on any atom is 0.221 e. The molecular weight excluding hydrogens is 377 g/mol. The predicted molar refractivity (Wildman–Crippen MR) is 116 cm³/mol. The quantitative estimate of drug-likeness (QED) is 0.413. The van der Waals surface area contributed by atoms with Crippen molar-refractivity contribution in [2.75, 3.05) is 5.73 Å². The summed E-state index contributed by atoms with van der Waals surface area (Å²) in [5.74, 6) is 0.462. The number of aromatic nitrogens is 2. The summed E-state index contributed by atoms with van der Waals surface area (Å²) in [5, 5.41) is 0.985. The van der Waals surface area contributed by atoms with E-state index in [1.165, 1.54) is 12.1 Å². The molecule has 5 aromatic rings. The molecule has 0 saturated carbocycles. The minimum atomic E-state index is -0.303. The number of nitrogens with two attached hydrogens (primary N) is 1. The Hall–Kier alpha value is -3.99. The Kier molecular flexibility index (Phi) is 4.48. The SMILES string of the molecule is Nc1nc(-c2ccc(F)cc2)c(Cc2ccccc2)c(-c2cc3ccccc3o2)n1. The smallest absolute Gasteiger partial charge is 0.221 e. The summed E-state index contributed by atoms with van der Waals surface area (Å²) < 4.78 is 19.6. The van der Waals surface area contributed by atoms with Gasteiger partial charge >= 0.3 is 0 Å². The number of furan rings is 1. The highest BCUT2D eigenvalue weighted by molar-refractivity contribution is 5.84. The zero-order chi connectivity index (χ0) is 20.5. The minimum absolute atomic E-state index is 0.140. The lowest BCUT2D eigenvalue weighted by molar-refractivity contribution is 0.627. The van der Waals surface area contributed by atoms with Gasteiger partial charge < -0.3 is 10.2 Å².